The van der Waals surface area contributed by atoms with Gasteiger partial charge in [-0.1, -0.05) is 13.0 Å². The minimum atomic E-state index is -3.95. The number of carbonyl (C=O) groups is 3. The van der Waals surface area contributed by atoms with Crippen molar-refractivity contribution < 1.29 is 22.8 Å². The van der Waals surface area contributed by atoms with E-state index in [4.69, 9.17) is 0 Å². The number of anilines is 3. The third-order valence-corrected chi connectivity index (χ3v) is 5.50. The summed E-state index contributed by atoms with van der Waals surface area (Å²) in [4.78, 5) is 34.9. The molecule has 1 atom stereocenters. The third kappa shape index (κ3) is 6.68. The molecule has 0 saturated carbocycles. The van der Waals surface area contributed by atoms with Crippen LogP contribution in [0, 0.1) is 0 Å². The summed E-state index contributed by atoms with van der Waals surface area (Å²) >= 11 is 0. The molecular weight excluding hydrogens is 408 g/mol. The smallest absolute Gasteiger partial charge is 0.242 e. The summed E-state index contributed by atoms with van der Waals surface area (Å²) in [5.74, 6) is -0.996. The van der Waals surface area contributed by atoms with Crippen molar-refractivity contribution in [2.45, 2.75) is 38.1 Å². The van der Waals surface area contributed by atoms with E-state index in [2.05, 4.69) is 20.7 Å². The second kappa shape index (κ2) is 9.99. The zero-order valence-corrected chi connectivity index (χ0v) is 17.7. The Kier molecular flexibility index (Phi) is 7.67. The highest BCUT2D eigenvalue weighted by molar-refractivity contribution is 7.89. The summed E-state index contributed by atoms with van der Waals surface area (Å²) in [5, 5.41) is 7.84. The fraction of sp³-hybridized carbons (Fsp3) is 0.250. The molecule has 2 aromatic carbocycles. The topological polar surface area (TPSA) is 133 Å². The van der Waals surface area contributed by atoms with E-state index >= 15 is 0 Å². The van der Waals surface area contributed by atoms with E-state index in [1.165, 1.54) is 38.1 Å². The highest BCUT2D eigenvalue weighted by Crippen LogP contribution is 2.17. The van der Waals surface area contributed by atoms with E-state index in [-0.39, 0.29) is 16.7 Å². The number of hydrogen-bond acceptors (Lipinski definition) is 5. The summed E-state index contributed by atoms with van der Waals surface area (Å²) in [6.45, 7) is 4.49. The average molecular weight is 433 g/mol. The van der Waals surface area contributed by atoms with Crippen LogP contribution in [-0.4, -0.2) is 32.2 Å². The van der Waals surface area contributed by atoms with Crippen LogP contribution in [0.4, 0.5) is 17.1 Å². The fourth-order valence-corrected chi connectivity index (χ4v) is 3.65. The summed E-state index contributed by atoms with van der Waals surface area (Å²) in [7, 11) is -3.95. The van der Waals surface area contributed by atoms with Crippen LogP contribution in [0.15, 0.2) is 53.4 Å². The summed E-state index contributed by atoms with van der Waals surface area (Å²) in [6, 6.07) is 11.1. The molecule has 160 valence electrons. The Labute approximate surface area is 175 Å². The van der Waals surface area contributed by atoms with Crippen LogP contribution in [0.5, 0.6) is 0 Å². The lowest BCUT2D eigenvalue weighted by molar-refractivity contribution is -0.117. The Morgan fingerprint density at radius 3 is 2.07 bits per heavy atom. The van der Waals surface area contributed by atoms with E-state index < -0.39 is 22.0 Å². The van der Waals surface area contributed by atoms with Crippen LogP contribution in [0.2, 0.25) is 0 Å². The maximum atomic E-state index is 12.5. The number of benzene rings is 2. The van der Waals surface area contributed by atoms with Gasteiger partial charge < -0.3 is 16.0 Å². The van der Waals surface area contributed by atoms with Gasteiger partial charge in [-0.3, -0.25) is 14.4 Å². The van der Waals surface area contributed by atoms with E-state index in [1.54, 1.807) is 31.2 Å². The van der Waals surface area contributed by atoms with E-state index in [1.807, 2.05) is 0 Å². The Morgan fingerprint density at radius 1 is 0.900 bits per heavy atom. The molecule has 0 spiro atoms. The molecule has 0 fully saturated rings. The maximum Gasteiger partial charge on any atom is 0.242 e. The predicted octanol–water partition coefficient (Wildman–Crippen LogP) is 2.30. The first-order valence-corrected chi connectivity index (χ1v) is 10.7. The van der Waals surface area contributed by atoms with Gasteiger partial charge in [0, 0.05) is 30.4 Å². The van der Waals surface area contributed by atoms with Gasteiger partial charge in [-0.15, -0.1) is 0 Å². The quantitative estimate of drug-likeness (QED) is 0.508. The molecule has 4 N–H and O–H groups in total. The largest absolute Gasteiger partial charge is 0.326 e. The minimum absolute atomic E-state index is 0.0412. The van der Waals surface area contributed by atoms with Crippen LogP contribution < -0.4 is 20.7 Å². The first-order valence-electron chi connectivity index (χ1n) is 9.21. The van der Waals surface area contributed by atoms with Crippen molar-refractivity contribution in [3.05, 3.63) is 48.5 Å². The molecule has 0 aliphatic carbocycles. The molecule has 0 aliphatic heterocycles. The fourth-order valence-electron chi connectivity index (χ4n) is 2.45. The van der Waals surface area contributed by atoms with Crippen LogP contribution in [-0.2, 0) is 24.4 Å². The Morgan fingerprint density at radius 2 is 1.50 bits per heavy atom. The van der Waals surface area contributed by atoms with Gasteiger partial charge in [-0.25, -0.2) is 8.42 Å². The molecule has 0 bridgehead atoms. The molecule has 0 aliphatic rings. The molecular formula is C20H24N4O5S. The molecule has 0 unspecified atom stereocenters. The van der Waals surface area contributed by atoms with Crippen molar-refractivity contribution in [1.29, 1.82) is 0 Å². The van der Waals surface area contributed by atoms with Gasteiger partial charge in [-0.2, -0.15) is 4.72 Å². The molecule has 30 heavy (non-hydrogen) atoms. The Hall–Kier alpha value is -3.24. The molecule has 0 radical (unpaired) electrons. The number of amides is 3. The van der Waals surface area contributed by atoms with Crippen molar-refractivity contribution >= 4 is 44.8 Å². The molecule has 0 saturated heterocycles. The summed E-state index contributed by atoms with van der Waals surface area (Å²) in [5.41, 5.74) is 1.40. The molecule has 10 heteroatoms. The van der Waals surface area contributed by atoms with Gasteiger partial charge in [-0.05, 0) is 49.4 Å². The third-order valence-electron chi connectivity index (χ3n) is 3.95. The predicted molar refractivity (Wildman–Crippen MR) is 115 cm³/mol. The molecule has 0 heterocycles. The number of nitrogens with one attached hydrogen (secondary N) is 4. The van der Waals surface area contributed by atoms with Gasteiger partial charge in [0.05, 0.1) is 10.9 Å². The van der Waals surface area contributed by atoms with Gasteiger partial charge in [0.1, 0.15) is 0 Å². The van der Waals surface area contributed by atoms with Crippen LogP contribution in [0.3, 0.4) is 0 Å². The van der Waals surface area contributed by atoms with Crippen molar-refractivity contribution in [1.82, 2.24) is 4.72 Å². The second-order valence-electron chi connectivity index (χ2n) is 6.52. The number of carbonyl (C=O) groups excluding carboxylic acids is 3. The average Bonchev–Trinajstić information content (AvgIpc) is 2.67. The lowest BCUT2D eigenvalue weighted by atomic mass is 10.2. The van der Waals surface area contributed by atoms with Gasteiger partial charge in [0.15, 0.2) is 0 Å². The molecule has 3 amide bonds. The van der Waals surface area contributed by atoms with Crippen molar-refractivity contribution in [3.63, 3.8) is 0 Å². The molecule has 2 rings (SSSR count). The van der Waals surface area contributed by atoms with E-state index in [0.717, 1.165) is 0 Å². The van der Waals surface area contributed by atoms with Gasteiger partial charge >= 0.3 is 0 Å². The van der Waals surface area contributed by atoms with Crippen molar-refractivity contribution in [2.24, 2.45) is 0 Å². The van der Waals surface area contributed by atoms with Gasteiger partial charge in [0.2, 0.25) is 27.7 Å². The number of hydrogen-bond donors (Lipinski definition) is 4. The van der Waals surface area contributed by atoms with Crippen LogP contribution >= 0.6 is 0 Å². The number of sulfonamides is 1. The van der Waals surface area contributed by atoms with Crippen molar-refractivity contribution in [3.8, 4) is 0 Å². The standard InChI is InChI=1S/C20H24N4O5S/c1-4-19(26)22-16-6-5-7-17(12-16)23-20(27)13(2)24-30(28,29)18-10-8-15(9-11-18)21-14(3)25/h5-13,24H,4H2,1-3H3,(H,21,25)(H,22,26)(H,23,27)/t13-/m0/s1. The van der Waals surface area contributed by atoms with Gasteiger partial charge in [0.25, 0.3) is 0 Å². The summed E-state index contributed by atoms with van der Waals surface area (Å²) in [6.07, 6.45) is 0.321. The zero-order valence-electron chi connectivity index (χ0n) is 16.9. The minimum Gasteiger partial charge on any atom is -0.326 e. The first-order chi connectivity index (χ1) is 14.1. The maximum absolute atomic E-state index is 12.5. The monoisotopic (exact) mass is 432 g/mol. The Bertz CT molecular complexity index is 1040. The van der Waals surface area contributed by atoms with E-state index in [0.29, 0.717) is 23.5 Å². The highest BCUT2D eigenvalue weighted by Gasteiger charge is 2.22. The lowest BCUT2D eigenvalue weighted by Gasteiger charge is -2.15. The molecule has 0 aromatic heterocycles. The van der Waals surface area contributed by atoms with Crippen LogP contribution in [0.25, 0.3) is 0 Å². The normalized spacial score (nSPS) is 12.0. The zero-order chi connectivity index (χ0) is 22.3. The van der Waals surface area contributed by atoms with Crippen LogP contribution in [0.1, 0.15) is 27.2 Å². The van der Waals surface area contributed by atoms with E-state index in [9.17, 15) is 22.8 Å². The highest BCUT2D eigenvalue weighted by atomic mass is 32.2. The van der Waals surface area contributed by atoms with Crippen molar-refractivity contribution in [2.75, 3.05) is 16.0 Å². The summed E-state index contributed by atoms with van der Waals surface area (Å²) < 4.78 is 27.3. The number of rotatable bonds is 8. The molecule has 9 nitrogen and oxygen atoms in total. The SMILES string of the molecule is CCC(=O)Nc1cccc(NC(=O)[C@H](C)NS(=O)(=O)c2ccc(NC(C)=O)cc2)c1. The first kappa shape index (κ1) is 23.0. The molecule has 2 aromatic rings. The Balaban J connectivity index is 2.03. The second-order valence-corrected chi connectivity index (χ2v) is 8.23. The lowest BCUT2D eigenvalue weighted by Crippen LogP contribution is -2.41.